The summed E-state index contributed by atoms with van der Waals surface area (Å²) in [4.78, 5) is 26.0. The minimum Gasteiger partial charge on any atom is -0.390 e. The third-order valence-electron chi connectivity index (χ3n) is 6.21. The van der Waals surface area contributed by atoms with Crippen molar-refractivity contribution < 1.29 is 14.7 Å². The Balaban J connectivity index is 1.30. The van der Waals surface area contributed by atoms with E-state index in [9.17, 15) is 14.7 Å². The molecule has 5 nitrogen and oxygen atoms in total. The van der Waals surface area contributed by atoms with Crippen molar-refractivity contribution in [3.8, 4) is 0 Å². The van der Waals surface area contributed by atoms with Gasteiger partial charge in [0.2, 0.25) is 5.91 Å². The van der Waals surface area contributed by atoms with Crippen molar-refractivity contribution in [1.82, 2.24) is 4.90 Å². The molecule has 5 heteroatoms. The van der Waals surface area contributed by atoms with E-state index in [1.165, 1.54) is 12.5 Å². The van der Waals surface area contributed by atoms with Gasteiger partial charge in [0.25, 0.3) is 0 Å². The Morgan fingerprint density at radius 3 is 2.24 bits per heavy atom. The van der Waals surface area contributed by atoms with Crippen LogP contribution >= 0.6 is 0 Å². The molecule has 1 unspecified atom stereocenters. The molecule has 0 radical (unpaired) electrons. The molecule has 1 aliphatic heterocycles. The number of nitrogens with zero attached hydrogens (tertiary/aromatic N) is 1. The predicted molar refractivity (Wildman–Crippen MR) is 113 cm³/mol. The summed E-state index contributed by atoms with van der Waals surface area (Å²) in [6.45, 7) is 3.61. The van der Waals surface area contributed by atoms with Gasteiger partial charge in [-0.25, -0.2) is 0 Å². The average Bonchev–Trinajstić information content (AvgIpc) is 3.16. The molecular weight excluding hydrogens is 364 g/mol. The number of ketones is 1. The topological polar surface area (TPSA) is 69.6 Å². The lowest BCUT2D eigenvalue weighted by Crippen LogP contribution is -2.34. The van der Waals surface area contributed by atoms with Crippen molar-refractivity contribution >= 4 is 17.4 Å². The van der Waals surface area contributed by atoms with Gasteiger partial charge in [-0.05, 0) is 54.5 Å². The Bertz CT molecular complexity index is 865. The van der Waals surface area contributed by atoms with Gasteiger partial charge in [0.1, 0.15) is 0 Å². The number of anilines is 1. The van der Waals surface area contributed by atoms with Gasteiger partial charge in [-0.1, -0.05) is 30.3 Å². The number of amides is 1. The fraction of sp³-hybridized carbons (Fsp3) is 0.417. The van der Waals surface area contributed by atoms with Gasteiger partial charge >= 0.3 is 0 Å². The van der Waals surface area contributed by atoms with Crippen LogP contribution in [0.15, 0.2) is 54.6 Å². The second-order valence-electron chi connectivity index (χ2n) is 8.69. The van der Waals surface area contributed by atoms with Gasteiger partial charge in [-0.2, -0.15) is 0 Å². The van der Waals surface area contributed by atoms with Crippen LogP contribution in [0, 0.1) is 11.8 Å². The molecular formula is C24H28N2O3. The Morgan fingerprint density at radius 1 is 1.03 bits per heavy atom. The fourth-order valence-electron chi connectivity index (χ4n) is 5.04. The standard InChI is InChI=1S/C24H28N2O3/c1-17(27)25-22-9-7-19(8-10-22)23(28)16-26-14-20-12-24(29,13-21(20)15-26)11-18-5-3-2-4-6-18/h2-10,20-21,29H,11-16H2,1H3,(H,25,27)/t20-,21+,24?. The summed E-state index contributed by atoms with van der Waals surface area (Å²) in [5, 5.41) is 13.8. The Labute approximate surface area is 171 Å². The molecule has 4 rings (SSSR count). The van der Waals surface area contributed by atoms with E-state index in [-0.39, 0.29) is 11.7 Å². The van der Waals surface area contributed by atoms with Crippen LogP contribution in [0.5, 0.6) is 0 Å². The highest BCUT2D eigenvalue weighted by atomic mass is 16.3. The fourth-order valence-corrected chi connectivity index (χ4v) is 5.04. The summed E-state index contributed by atoms with van der Waals surface area (Å²) in [5.74, 6) is 0.885. The highest BCUT2D eigenvalue weighted by molar-refractivity contribution is 5.98. The molecule has 2 aromatic carbocycles. The second kappa shape index (κ2) is 8.09. The molecule has 0 bridgehead atoms. The molecule has 152 valence electrons. The number of carbonyl (C=O) groups excluding carboxylic acids is 2. The lowest BCUT2D eigenvalue weighted by atomic mass is 9.91. The van der Waals surface area contributed by atoms with Crippen molar-refractivity contribution in [3.63, 3.8) is 0 Å². The van der Waals surface area contributed by atoms with E-state index >= 15 is 0 Å². The number of rotatable bonds is 6. The van der Waals surface area contributed by atoms with E-state index < -0.39 is 5.60 Å². The summed E-state index contributed by atoms with van der Waals surface area (Å²) >= 11 is 0. The van der Waals surface area contributed by atoms with Crippen LogP contribution in [0.4, 0.5) is 5.69 Å². The molecule has 0 aromatic heterocycles. The van der Waals surface area contributed by atoms with Crippen LogP contribution in [-0.2, 0) is 11.2 Å². The molecule has 1 saturated carbocycles. The zero-order chi connectivity index (χ0) is 20.4. The van der Waals surface area contributed by atoms with Gasteiger partial charge < -0.3 is 10.4 Å². The lowest BCUT2D eigenvalue weighted by molar-refractivity contribution is -0.114. The molecule has 1 heterocycles. The van der Waals surface area contributed by atoms with E-state index in [4.69, 9.17) is 0 Å². The van der Waals surface area contributed by atoms with Crippen molar-refractivity contribution in [2.75, 3.05) is 25.0 Å². The quantitative estimate of drug-likeness (QED) is 0.741. The Kier molecular flexibility index (Phi) is 5.52. The average molecular weight is 392 g/mol. The number of Topliss-reactive ketones (excluding diaryl/α,β-unsaturated/α-hetero) is 1. The van der Waals surface area contributed by atoms with E-state index in [1.54, 1.807) is 24.3 Å². The summed E-state index contributed by atoms with van der Waals surface area (Å²) in [6, 6.07) is 17.2. The Morgan fingerprint density at radius 2 is 1.66 bits per heavy atom. The highest BCUT2D eigenvalue weighted by Crippen LogP contribution is 2.45. The molecule has 1 aliphatic carbocycles. The first kappa shape index (κ1) is 19.8. The summed E-state index contributed by atoms with van der Waals surface area (Å²) in [6.07, 6.45) is 2.33. The van der Waals surface area contributed by atoms with Gasteiger partial charge in [0, 0.05) is 37.7 Å². The maximum Gasteiger partial charge on any atom is 0.221 e. The zero-order valence-electron chi connectivity index (χ0n) is 16.8. The SMILES string of the molecule is CC(=O)Nc1ccc(C(=O)CN2C[C@@H]3CC(O)(Cc4ccccc4)C[C@@H]3C2)cc1. The number of fused-ring (bicyclic) bond motifs is 1. The highest BCUT2D eigenvalue weighted by Gasteiger charge is 2.48. The van der Waals surface area contributed by atoms with Crippen molar-refractivity contribution in [2.45, 2.75) is 31.8 Å². The molecule has 29 heavy (non-hydrogen) atoms. The summed E-state index contributed by atoms with van der Waals surface area (Å²) in [5.41, 5.74) is 1.93. The van der Waals surface area contributed by atoms with Crippen LogP contribution in [0.25, 0.3) is 0 Å². The van der Waals surface area contributed by atoms with Gasteiger partial charge in [-0.15, -0.1) is 0 Å². The maximum absolute atomic E-state index is 12.6. The molecule has 2 N–H and O–H groups in total. The first-order valence-electron chi connectivity index (χ1n) is 10.3. The number of nitrogens with one attached hydrogen (secondary N) is 1. The van der Waals surface area contributed by atoms with E-state index in [0.29, 0.717) is 36.1 Å². The van der Waals surface area contributed by atoms with Crippen molar-refractivity contribution in [2.24, 2.45) is 11.8 Å². The Hall–Kier alpha value is -2.50. The summed E-state index contributed by atoms with van der Waals surface area (Å²) in [7, 11) is 0. The molecule has 1 amide bonds. The molecule has 3 atom stereocenters. The van der Waals surface area contributed by atoms with Crippen LogP contribution in [0.2, 0.25) is 0 Å². The van der Waals surface area contributed by atoms with Gasteiger partial charge in [-0.3, -0.25) is 14.5 Å². The minimum absolute atomic E-state index is 0.0962. The number of likely N-dealkylation sites (tertiary alicyclic amines) is 1. The first-order valence-corrected chi connectivity index (χ1v) is 10.3. The predicted octanol–water partition coefficient (Wildman–Crippen LogP) is 3.14. The zero-order valence-corrected chi connectivity index (χ0v) is 16.8. The van der Waals surface area contributed by atoms with Crippen LogP contribution in [-0.4, -0.2) is 46.9 Å². The monoisotopic (exact) mass is 392 g/mol. The van der Waals surface area contributed by atoms with Crippen molar-refractivity contribution in [3.05, 3.63) is 65.7 Å². The number of hydrogen-bond donors (Lipinski definition) is 2. The largest absolute Gasteiger partial charge is 0.390 e. The van der Waals surface area contributed by atoms with Gasteiger partial charge in [0.05, 0.1) is 12.1 Å². The first-order chi connectivity index (χ1) is 13.9. The third kappa shape index (κ3) is 4.74. The van der Waals surface area contributed by atoms with E-state index in [2.05, 4.69) is 22.3 Å². The number of benzene rings is 2. The normalized spacial score (nSPS) is 26.3. The molecule has 1 saturated heterocycles. The van der Waals surface area contributed by atoms with E-state index in [0.717, 1.165) is 25.9 Å². The van der Waals surface area contributed by atoms with E-state index in [1.807, 2.05) is 18.2 Å². The minimum atomic E-state index is -0.619. The third-order valence-corrected chi connectivity index (χ3v) is 6.21. The van der Waals surface area contributed by atoms with Crippen LogP contribution < -0.4 is 5.32 Å². The van der Waals surface area contributed by atoms with Crippen molar-refractivity contribution in [1.29, 1.82) is 0 Å². The van der Waals surface area contributed by atoms with Crippen LogP contribution in [0.3, 0.4) is 0 Å². The smallest absolute Gasteiger partial charge is 0.221 e. The summed E-state index contributed by atoms with van der Waals surface area (Å²) < 4.78 is 0. The molecule has 0 spiro atoms. The van der Waals surface area contributed by atoms with Crippen LogP contribution in [0.1, 0.15) is 35.7 Å². The number of carbonyl (C=O) groups is 2. The molecule has 2 aliphatic rings. The second-order valence-corrected chi connectivity index (χ2v) is 8.69. The lowest BCUT2D eigenvalue weighted by Gasteiger charge is -2.26. The maximum atomic E-state index is 12.6. The van der Waals surface area contributed by atoms with Gasteiger partial charge in [0.15, 0.2) is 5.78 Å². The number of aliphatic hydroxyl groups is 1. The number of hydrogen-bond acceptors (Lipinski definition) is 4. The molecule has 2 aromatic rings. The molecule has 2 fully saturated rings.